The molecule has 1 fully saturated rings. The molecule has 1 aliphatic rings. The van der Waals surface area contributed by atoms with E-state index in [1.807, 2.05) is 0 Å². The van der Waals surface area contributed by atoms with E-state index < -0.39 is 0 Å². The number of nitrogens with zero attached hydrogens (tertiary/aromatic N) is 2. The fraction of sp³-hybridized carbons (Fsp3) is 0.786. The van der Waals surface area contributed by atoms with Gasteiger partial charge in [0.05, 0.1) is 5.69 Å². The van der Waals surface area contributed by atoms with Crippen molar-refractivity contribution in [3.8, 4) is 0 Å². The van der Waals surface area contributed by atoms with Crippen LogP contribution in [0, 0.1) is 0 Å². The second-order valence-corrected chi connectivity index (χ2v) is 7.73. The Hall–Kier alpha value is -0.130. The lowest BCUT2D eigenvalue weighted by molar-refractivity contribution is 0.495. The molecule has 1 aliphatic heterocycles. The van der Waals surface area contributed by atoms with E-state index >= 15 is 0 Å². The molecule has 2 atom stereocenters. The molecule has 1 N–H and O–H groups in total. The van der Waals surface area contributed by atoms with Crippen LogP contribution in [-0.2, 0) is 6.42 Å². The molecule has 2 rings (SSSR count). The Labute approximate surface area is 125 Å². The molecule has 0 aliphatic carbocycles. The van der Waals surface area contributed by atoms with Gasteiger partial charge in [-0.3, -0.25) is 4.68 Å². The molecule has 0 radical (unpaired) electrons. The maximum Gasteiger partial charge on any atom is 0.0640 e. The quantitative estimate of drug-likeness (QED) is 0.875. The average molecular weight is 300 g/mol. The minimum absolute atomic E-state index is 0.450. The highest BCUT2D eigenvalue weighted by molar-refractivity contribution is 8.06. The van der Waals surface area contributed by atoms with Crippen LogP contribution in [-0.4, -0.2) is 44.9 Å². The van der Waals surface area contributed by atoms with Crippen LogP contribution in [0.25, 0.3) is 0 Å². The molecule has 2 unspecified atom stereocenters. The molecule has 1 aromatic rings. The number of rotatable bonds is 6. The highest BCUT2D eigenvalue weighted by Gasteiger charge is 2.24. The van der Waals surface area contributed by atoms with Crippen molar-refractivity contribution in [1.82, 2.24) is 15.1 Å². The predicted octanol–water partition coefficient (Wildman–Crippen LogP) is 2.83. The van der Waals surface area contributed by atoms with Crippen LogP contribution in [0.15, 0.2) is 12.3 Å². The zero-order valence-corrected chi connectivity index (χ0v) is 13.8. The Kier molecular flexibility index (Phi) is 6.10. The Morgan fingerprint density at radius 1 is 1.47 bits per heavy atom. The van der Waals surface area contributed by atoms with E-state index in [0.29, 0.717) is 12.1 Å². The first-order valence-corrected chi connectivity index (χ1v) is 9.37. The smallest absolute Gasteiger partial charge is 0.0640 e. The van der Waals surface area contributed by atoms with Gasteiger partial charge in [-0.1, -0.05) is 6.92 Å². The Morgan fingerprint density at radius 2 is 2.32 bits per heavy atom. The summed E-state index contributed by atoms with van der Waals surface area (Å²) in [4.78, 5) is 0. The summed E-state index contributed by atoms with van der Waals surface area (Å²) in [5.74, 6) is 3.87. The van der Waals surface area contributed by atoms with Crippen LogP contribution in [0.1, 0.15) is 32.5 Å². The summed E-state index contributed by atoms with van der Waals surface area (Å²) in [5.41, 5.74) is 1.22. The molecule has 0 saturated carbocycles. The van der Waals surface area contributed by atoms with Crippen molar-refractivity contribution in [3.05, 3.63) is 18.0 Å². The largest absolute Gasteiger partial charge is 0.313 e. The summed E-state index contributed by atoms with van der Waals surface area (Å²) in [5, 5.41) is 9.07. The van der Waals surface area contributed by atoms with Gasteiger partial charge in [-0.2, -0.15) is 28.6 Å². The molecule has 2 heterocycles. The fourth-order valence-corrected chi connectivity index (χ4v) is 5.22. The molecule has 3 nitrogen and oxygen atoms in total. The predicted molar refractivity (Wildman–Crippen MR) is 87.4 cm³/mol. The lowest BCUT2D eigenvalue weighted by atomic mass is 10.1. The summed E-state index contributed by atoms with van der Waals surface area (Å²) >= 11 is 4.22. The molecule has 0 bridgehead atoms. The normalized spacial score (nSPS) is 21.8. The standard InChI is InChI=1S/C14H25N3S2/c1-4-15-13(14-10-18-7-8-19-14)9-12-5-6-17(16-12)11(2)3/h5-6,11,13-15H,4,7-10H2,1-3H3. The Bertz CT molecular complexity index is 373. The lowest BCUT2D eigenvalue weighted by Crippen LogP contribution is -2.42. The van der Waals surface area contributed by atoms with Crippen molar-refractivity contribution in [3.63, 3.8) is 0 Å². The van der Waals surface area contributed by atoms with E-state index in [-0.39, 0.29) is 0 Å². The molecule has 0 spiro atoms. The van der Waals surface area contributed by atoms with Crippen LogP contribution in [0.3, 0.4) is 0 Å². The van der Waals surface area contributed by atoms with E-state index in [1.165, 1.54) is 23.0 Å². The van der Waals surface area contributed by atoms with Gasteiger partial charge >= 0.3 is 0 Å². The van der Waals surface area contributed by atoms with Gasteiger partial charge < -0.3 is 5.32 Å². The van der Waals surface area contributed by atoms with Gasteiger partial charge in [0.2, 0.25) is 0 Å². The third-order valence-electron chi connectivity index (χ3n) is 3.38. The van der Waals surface area contributed by atoms with Gasteiger partial charge in [-0.15, -0.1) is 0 Å². The van der Waals surface area contributed by atoms with Crippen molar-refractivity contribution >= 4 is 23.5 Å². The number of thioether (sulfide) groups is 2. The van der Waals surface area contributed by atoms with Crippen LogP contribution in [0.5, 0.6) is 0 Å². The highest BCUT2D eigenvalue weighted by atomic mass is 32.2. The third-order valence-corrected chi connectivity index (χ3v) is 6.30. The van der Waals surface area contributed by atoms with Gasteiger partial charge in [-0.05, 0) is 26.5 Å². The minimum atomic E-state index is 0.450. The summed E-state index contributed by atoms with van der Waals surface area (Å²) in [6.45, 7) is 7.58. The van der Waals surface area contributed by atoms with Crippen molar-refractivity contribution in [2.45, 2.75) is 44.5 Å². The van der Waals surface area contributed by atoms with Crippen LogP contribution in [0.2, 0.25) is 0 Å². The topological polar surface area (TPSA) is 29.9 Å². The first-order valence-electron chi connectivity index (χ1n) is 7.17. The van der Waals surface area contributed by atoms with Crippen molar-refractivity contribution in [2.24, 2.45) is 0 Å². The number of likely N-dealkylation sites (N-methyl/N-ethyl adjacent to an activating group) is 1. The number of aromatic nitrogens is 2. The SMILES string of the molecule is CCNC(Cc1ccn(C(C)C)n1)C1CSCCS1. The van der Waals surface area contributed by atoms with Crippen LogP contribution >= 0.6 is 23.5 Å². The van der Waals surface area contributed by atoms with E-state index in [9.17, 15) is 0 Å². The molecular weight excluding hydrogens is 274 g/mol. The van der Waals surface area contributed by atoms with E-state index in [0.717, 1.165) is 18.2 Å². The van der Waals surface area contributed by atoms with Crippen molar-refractivity contribution in [1.29, 1.82) is 0 Å². The molecule has 1 aromatic heterocycles. The fourth-order valence-electron chi connectivity index (χ4n) is 2.33. The lowest BCUT2D eigenvalue weighted by Gasteiger charge is -2.29. The summed E-state index contributed by atoms with van der Waals surface area (Å²) < 4.78 is 2.06. The van der Waals surface area contributed by atoms with Crippen molar-refractivity contribution < 1.29 is 0 Å². The molecule has 5 heteroatoms. The number of hydrogen-bond donors (Lipinski definition) is 1. The summed E-state index contributed by atoms with van der Waals surface area (Å²) in [6.07, 6.45) is 3.15. The first-order chi connectivity index (χ1) is 9.20. The molecule has 1 saturated heterocycles. The van der Waals surface area contributed by atoms with Gasteiger partial charge in [0.25, 0.3) is 0 Å². The molecular formula is C14H25N3S2. The van der Waals surface area contributed by atoms with Gasteiger partial charge in [0, 0.05) is 47.2 Å². The van der Waals surface area contributed by atoms with E-state index in [4.69, 9.17) is 0 Å². The summed E-state index contributed by atoms with van der Waals surface area (Å²) in [7, 11) is 0. The van der Waals surface area contributed by atoms with Gasteiger partial charge in [-0.25, -0.2) is 0 Å². The van der Waals surface area contributed by atoms with Crippen LogP contribution < -0.4 is 5.32 Å². The average Bonchev–Trinajstić information content (AvgIpc) is 2.88. The monoisotopic (exact) mass is 299 g/mol. The highest BCUT2D eigenvalue weighted by Crippen LogP contribution is 2.27. The zero-order valence-electron chi connectivity index (χ0n) is 12.1. The van der Waals surface area contributed by atoms with E-state index in [2.05, 4.69) is 71.7 Å². The molecule has 0 amide bonds. The third kappa shape index (κ3) is 4.43. The summed E-state index contributed by atoms with van der Waals surface area (Å²) in [6, 6.07) is 3.18. The Balaban J connectivity index is 1.98. The molecule has 19 heavy (non-hydrogen) atoms. The first kappa shape index (κ1) is 15.3. The number of nitrogens with one attached hydrogen (secondary N) is 1. The molecule has 0 aromatic carbocycles. The second-order valence-electron chi connectivity index (χ2n) is 5.23. The second kappa shape index (κ2) is 7.60. The zero-order chi connectivity index (χ0) is 13.7. The molecule has 108 valence electrons. The van der Waals surface area contributed by atoms with Crippen LogP contribution in [0.4, 0.5) is 0 Å². The Morgan fingerprint density at radius 3 is 2.89 bits per heavy atom. The van der Waals surface area contributed by atoms with Gasteiger partial charge in [0.15, 0.2) is 0 Å². The van der Waals surface area contributed by atoms with E-state index in [1.54, 1.807) is 0 Å². The van der Waals surface area contributed by atoms with Crippen molar-refractivity contribution in [2.75, 3.05) is 23.8 Å². The number of hydrogen-bond acceptors (Lipinski definition) is 4. The minimum Gasteiger partial charge on any atom is -0.313 e. The maximum atomic E-state index is 4.69. The van der Waals surface area contributed by atoms with Gasteiger partial charge in [0.1, 0.15) is 0 Å². The maximum absolute atomic E-state index is 4.69.